The highest BCUT2D eigenvalue weighted by Crippen LogP contribution is 2.25. The molecule has 5 nitrogen and oxygen atoms in total. The first-order valence-electron chi connectivity index (χ1n) is 5.65. The highest BCUT2D eigenvalue weighted by Gasteiger charge is 2.00. The van der Waals surface area contributed by atoms with Crippen molar-refractivity contribution in [3.05, 3.63) is 65.7 Å². The fourth-order valence-corrected chi connectivity index (χ4v) is 1.34. The van der Waals surface area contributed by atoms with Gasteiger partial charge in [0.25, 0.3) is 0 Å². The van der Waals surface area contributed by atoms with E-state index in [-0.39, 0.29) is 0 Å². The second-order valence-electron chi connectivity index (χ2n) is 3.85. The van der Waals surface area contributed by atoms with Crippen molar-refractivity contribution in [1.82, 2.24) is 0 Å². The molecule has 0 aliphatic heterocycles. The Morgan fingerprint density at radius 1 is 0.750 bits per heavy atom. The highest BCUT2D eigenvalue weighted by molar-refractivity contribution is 7.45. The first-order chi connectivity index (χ1) is 9.34. The molecular weight excluding hydrogens is 279 g/mol. The van der Waals surface area contributed by atoms with E-state index in [9.17, 15) is 0 Å². The van der Waals surface area contributed by atoms with Gasteiger partial charge in [-0.15, -0.1) is 0 Å². The molecule has 2 rings (SSSR count). The van der Waals surface area contributed by atoms with Crippen LogP contribution in [0.1, 0.15) is 11.1 Å². The molecule has 2 aromatic rings. The zero-order chi connectivity index (χ0) is 15.0. The molecule has 0 atom stereocenters. The van der Waals surface area contributed by atoms with Gasteiger partial charge in [-0.3, -0.25) is 0 Å². The number of aromatic hydroxyl groups is 1. The van der Waals surface area contributed by atoms with Crippen molar-refractivity contribution in [3.63, 3.8) is 0 Å². The van der Waals surface area contributed by atoms with Crippen molar-refractivity contribution in [2.75, 3.05) is 0 Å². The van der Waals surface area contributed by atoms with Crippen LogP contribution in [-0.4, -0.2) is 19.8 Å². The number of hydrogen-bond acceptors (Lipinski definition) is 2. The summed E-state index contributed by atoms with van der Waals surface area (Å²) in [7, 11) is -4.64. The Balaban J connectivity index is 0.000000347. The molecule has 0 fully saturated rings. The van der Waals surface area contributed by atoms with E-state index in [1.54, 1.807) is 12.1 Å². The molecule has 0 spiro atoms. The minimum atomic E-state index is -4.64. The second kappa shape index (κ2) is 7.62. The van der Waals surface area contributed by atoms with Crippen LogP contribution in [0.4, 0.5) is 0 Å². The Morgan fingerprint density at radius 2 is 1.15 bits per heavy atom. The lowest BCUT2D eigenvalue weighted by atomic mass is 10.1. The van der Waals surface area contributed by atoms with Gasteiger partial charge in [0.05, 0.1) is 0 Å². The van der Waals surface area contributed by atoms with Gasteiger partial charge in [0.1, 0.15) is 5.75 Å². The zero-order valence-corrected chi connectivity index (χ0v) is 11.4. The third-order valence-corrected chi connectivity index (χ3v) is 2.16. The van der Waals surface area contributed by atoms with E-state index in [2.05, 4.69) is 12.1 Å². The summed E-state index contributed by atoms with van der Waals surface area (Å²) >= 11 is 0. The van der Waals surface area contributed by atoms with E-state index < -0.39 is 7.82 Å². The lowest BCUT2D eigenvalue weighted by Gasteiger charge is -1.94. The molecule has 4 N–H and O–H groups in total. The summed E-state index contributed by atoms with van der Waals surface area (Å²) in [6, 6.07) is 17.3. The van der Waals surface area contributed by atoms with E-state index in [1.165, 1.54) is 5.56 Å². The van der Waals surface area contributed by atoms with Crippen LogP contribution in [0.15, 0.2) is 54.6 Å². The molecule has 0 saturated carbocycles. The van der Waals surface area contributed by atoms with Crippen molar-refractivity contribution < 1.29 is 24.4 Å². The lowest BCUT2D eigenvalue weighted by Crippen LogP contribution is -1.71. The van der Waals surface area contributed by atoms with E-state index in [4.69, 9.17) is 24.4 Å². The molecule has 106 valence electrons. The summed E-state index contributed by atoms with van der Waals surface area (Å²) in [5.74, 6) is 0.298. The van der Waals surface area contributed by atoms with Crippen LogP contribution < -0.4 is 0 Å². The Morgan fingerprint density at radius 3 is 1.60 bits per heavy atom. The van der Waals surface area contributed by atoms with Gasteiger partial charge in [0.2, 0.25) is 0 Å². The number of phenolic OH excluding ortho intramolecular Hbond substituents is 1. The maximum atomic E-state index is 9.12. The van der Waals surface area contributed by atoms with Crippen LogP contribution >= 0.6 is 7.82 Å². The van der Waals surface area contributed by atoms with Gasteiger partial charge in [0, 0.05) is 0 Å². The first kappa shape index (κ1) is 16.1. The van der Waals surface area contributed by atoms with Crippen LogP contribution in [0, 0.1) is 0 Å². The number of benzene rings is 2. The minimum absolute atomic E-state index is 0.298. The van der Waals surface area contributed by atoms with Crippen LogP contribution in [0.25, 0.3) is 12.2 Å². The fraction of sp³-hybridized carbons (Fsp3) is 0. The Labute approximate surface area is 116 Å². The Kier molecular flexibility index (Phi) is 6.15. The molecule has 2 aromatic carbocycles. The van der Waals surface area contributed by atoms with Crippen LogP contribution in [0.3, 0.4) is 0 Å². The summed E-state index contributed by atoms with van der Waals surface area (Å²) in [6.45, 7) is 0. The van der Waals surface area contributed by atoms with Crippen molar-refractivity contribution in [1.29, 1.82) is 0 Å². The topological polar surface area (TPSA) is 98.0 Å². The van der Waals surface area contributed by atoms with Crippen molar-refractivity contribution in [2.24, 2.45) is 0 Å². The summed E-state index contributed by atoms with van der Waals surface area (Å²) in [5, 5.41) is 9.12. The van der Waals surface area contributed by atoms with E-state index in [0.717, 1.165) is 5.56 Å². The summed E-state index contributed by atoms with van der Waals surface area (Å²) in [6.07, 6.45) is 4.07. The molecule has 0 unspecified atom stereocenters. The molecule has 0 bridgehead atoms. The lowest BCUT2D eigenvalue weighted by molar-refractivity contribution is 0.275. The predicted octanol–water partition coefficient (Wildman–Crippen LogP) is 2.63. The van der Waals surface area contributed by atoms with Crippen LogP contribution in [-0.2, 0) is 4.57 Å². The number of phenols is 1. The first-order valence-corrected chi connectivity index (χ1v) is 7.21. The Bertz CT molecular complexity index is 578. The van der Waals surface area contributed by atoms with Crippen molar-refractivity contribution in [3.8, 4) is 5.75 Å². The second-order valence-corrected chi connectivity index (χ2v) is 4.88. The van der Waals surface area contributed by atoms with Crippen molar-refractivity contribution >= 4 is 20.0 Å². The van der Waals surface area contributed by atoms with Crippen LogP contribution in [0.2, 0.25) is 0 Å². The number of hydrogen-bond donors (Lipinski definition) is 4. The molecular formula is C14H15O5P. The van der Waals surface area contributed by atoms with Gasteiger partial charge in [-0.1, -0.05) is 54.6 Å². The molecule has 0 aliphatic rings. The van der Waals surface area contributed by atoms with Crippen molar-refractivity contribution in [2.45, 2.75) is 0 Å². The van der Waals surface area contributed by atoms with Gasteiger partial charge in [-0.25, -0.2) is 4.57 Å². The molecule has 0 aromatic heterocycles. The monoisotopic (exact) mass is 294 g/mol. The largest absolute Gasteiger partial charge is 0.508 e. The third-order valence-electron chi connectivity index (χ3n) is 2.16. The fourth-order valence-electron chi connectivity index (χ4n) is 1.34. The average molecular weight is 294 g/mol. The summed E-state index contributed by atoms with van der Waals surface area (Å²) in [4.78, 5) is 21.6. The number of rotatable bonds is 2. The Hall–Kier alpha value is -1.91. The van der Waals surface area contributed by atoms with E-state index in [0.29, 0.717) is 5.75 Å². The normalized spacial score (nSPS) is 10.9. The highest BCUT2D eigenvalue weighted by atomic mass is 31.2. The SMILES string of the molecule is O=P(O)(O)O.Oc1ccc(C=Cc2ccccc2)cc1. The van der Waals surface area contributed by atoms with Gasteiger partial charge >= 0.3 is 7.82 Å². The third kappa shape index (κ3) is 8.24. The van der Waals surface area contributed by atoms with Crippen LogP contribution in [0.5, 0.6) is 5.75 Å². The summed E-state index contributed by atoms with van der Waals surface area (Å²) in [5.41, 5.74) is 2.25. The standard InChI is InChI=1S/C14H12O.H3O4P/c15-14-10-8-13(9-11-14)7-6-12-4-2-1-3-5-12;1-5(2,3)4/h1-11,15H;(H3,1,2,3,4). The maximum absolute atomic E-state index is 9.12. The zero-order valence-electron chi connectivity index (χ0n) is 10.5. The average Bonchev–Trinajstić information content (AvgIpc) is 2.37. The van der Waals surface area contributed by atoms with Gasteiger partial charge in [0.15, 0.2) is 0 Å². The quantitative estimate of drug-likeness (QED) is 0.504. The molecule has 0 amide bonds. The predicted molar refractivity (Wildman–Crippen MR) is 77.7 cm³/mol. The van der Waals surface area contributed by atoms with Gasteiger partial charge in [-0.2, -0.15) is 0 Å². The summed E-state index contributed by atoms with van der Waals surface area (Å²) < 4.78 is 8.88. The minimum Gasteiger partial charge on any atom is -0.508 e. The van der Waals surface area contributed by atoms with E-state index >= 15 is 0 Å². The van der Waals surface area contributed by atoms with E-state index in [1.807, 2.05) is 42.5 Å². The molecule has 6 heteroatoms. The maximum Gasteiger partial charge on any atom is 0.466 e. The number of phosphoric acid groups is 1. The van der Waals surface area contributed by atoms with Gasteiger partial charge in [-0.05, 0) is 23.3 Å². The molecule has 0 saturated heterocycles. The molecule has 0 aliphatic carbocycles. The molecule has 20 heavy (non-hydrogen) atoms. The van der Waals surface area contributed by atoms with Gasteiger partial charge < -0.3 is 19.8 Å². The smallest absolute Gasteiger partial charge is 0.466 e. The molecule has 0 radical (unpaired) electrons. The molecule has 0 heterocycles.